The van der Waals surface area contributed by atoms with Crippen LogP contribution in [-0.4, -0.2) is 32.5 Å². The third kappa shape index (κ3) is 7.33. The molecule has 3 aromatic rings. The number of unbranched alkanes of at least 4 members (excludes halogenated alkanes) is 7. The topological polar surface area (TPSA) is 47.9 Å². The molecule has 0 atom stereocenters. The van der Waals surface area contributed by atoms with Crippen LogP contribution in [0.3, 0.4) is 0 Å². The summed E-state index contributed by atoms with van der Waals surface area (Å²) >= 11 is 0. The molecule has 0 bridgehead atoms. The van der Waals surface area contributed by atoms with E-state index >= 15 is 0 Å². The highest BCUT2D eigenvalue weighted by Gasteiger charge is 2.37. The second-order valence-corrected chi connectivity index (χ2v) is 8.90. The number of methoxy groups -OCH3 is 2. The van der Waals surface area contributed by atoms with Crippen molar-refractivity contribution in [3.8, 4) is 11.5 Å². The van der Waals surface area contributed by atoms with E-state index in [0.717, 1.165) is 53.9 Å². The molecule has 0 heterocycles. The predicted molar refractivity (Wildman–Crippen MR) is 142 cm³/mol. The summed E-state index contributed by atoms with van der Waals surface area (Å²) in [6.45, 7) is 0.973. The van der Waals surface area contributed by atoms with Gasteiger partial charge in [0.05, 0.1) is 14.2 Å². The summed E-state index contributed by atoms with van der Waals surface area (Å²) in [5, 5.41) is 8.90. The highest BCUT2D eigenvalue weighted by molar-refractivity contribution is 5.49. The van der Waals surface area contributed by atoms with Gasteiger partial charge < -0.3 is 19.3 Å². The molecule has 188 valence electrons. The Balaban J connectivity index is 1.81. The average Bonchev–Trinajstić information content (AvgIpc) is 2.93. The molecule has 4 heteroatoms. The minimum atomic E-state index is -0.732. The smallest absolute Gasteiger partial charge is 0.143 e. The number of hydrogen-bond acceptors (Lipinski definition) is 4. The maximum atomic E-state index is 8.90. The molecular weight excluding hydrogens is 436 g/mol. The first kappa shape index (κ1) is 26.8. The van der Waals surface area contributed by atoms with Crippen LogP contribution < -0.4 is 9.47 Å². The minimum absolute atomic E-state index is 0.308. The predicted octanol–water partition coefficient (Wildman–Crippen LogP) is 7.13. The summed E-state index contributed by atoms with van der Waals surface area (Å²) in [6, 6.07) is 26.8. The van der Waals surface area contributed by atoms with Crippen molar-refractivity contribution in [2.75, 3.05) is 27.4 Å². The van der Waals surface area contributed by atoms with Crippen molar-refractivity contribution in [2.45, 2.75) is 57.0 Å². The fourth-order valence-corrected chi connectivity index (χ4v) is 4.57. The Kier molecular flexibility index (Phi) is 11.1. The summed E-state index contributed by atoms with van der Waals surface area (Å²) < 4.78 is 17.7. The van der Waals surface area contributed by atoms with Crippen LogP contribution in [0.4, 0.5) is 0 Å². The minimum Gasteiger partial charge on any atom is -0.497 e. The maximum absolute atomic E-state index is 8.90. The fraction of sp³-hybridized carbons (Fsp3) is 0.419. The molecule has 0 aliphatic rings. The summed E-state index contributed by atoms with van der Waals surface area (Å²) in [5.41, 5.74) is 2.50. The van der Waals surface area contributed by atoms with Crippen LogP contribution in [0.15, 0.2) is 78.9 Å². The van der Waals surface area contributed by atoms with Gasteiger partial charge in [-0.2, -0.15) is 0 Å². The summed E-state index contributed by atoms with van der Waals surface area (Å²) in [6.07, 6.45) is 9.12. The Morgan fingerprint density at radius 2 is 0.971 bits per heavy atom. The van der Waals surface area contributed by atoms with E-state index in [1.165, 1.54) is 25.7 Å². The largest absolute Gasteiger partial charge is 0.497 e. The molecule has 0 radical (unpaired) electrons. The molecule has 0 spiro atoms. The molecular formula is C31H40O4. The van der Waals surface area contributed by atoms with E-state index in [9.17, 15) is 0 Å². The van der Waals surface area contributed by atoms with E-state index in [1.54, 1.807) is 14.2 Å². The Morgan fingerprint density at radius 1 is 0.543 bits per heavy atom. The van der Waals surface area contributed by atoms with Crippen LogP contribution >= 0.6 is 0 Å². The second kappa shape index (κ2) is 14.6. The monoisotopic (exact) mass is 476 g/mol. The van der Waals surface area contributed by atoms with Gasteiger partial charge in [0, 0.05) is 13.2 Å². The number of ether oxygens (including phenoxy) is 3. The van der Waals surface area contributed by atoms with Crippen molar-refractivity contribution in [1.82, 2.24) is 0 Å². The van der Waals surface area contributed by atoms with Crippen LogP contribution in [0.5, 0.6) is 11.5 Å². The van der Waals surface area contributed by atoms with Crippen LogP contribution in [0.2, 0.25) is 0 Å². The van der Waals surface area contributed by atoms with E-state index in [0.29, 0.717) is 13.2 Å². The summed E-state index contributed by atoms with van der Waals surface area (Å²) in [7, 11) is 3.37. The summed E-state index contributed by atoms with van der Waals surface area (Å²) in [4.78, 5) is 0. The number of aliphatic hydroxyl groups is 1. The van der Waals surface area contributed by atoms with Gasteiger partial charge in [-0.3, -0.25) is 0 Å². The lowest BCUT2D eigenvalue weighted by Gasteiger charge is -2.36. The van der Waals surface area contributed by atoms with Crippen molar-refractivity contribution in [1.29, 1.82) is 0 Å². The average molecular weight is 477 g/mol. The Hall–Kier alpha value is -2.82. The van der Waals surface area contributed by atoms with Crippen molar-refractivity contribution < 1.29 is 19.3 Å². The zero-order chi connectivity index (χ0) is 24.8. The molecule has 1 N–H and O–H groups in total. The zero-order valence-electron chi connectivity index (χ0n) is 21.2. The van der Waals surface area contributed by atoms with Crippen molar-refractivity contribution in [2.24, 2.45) is 0 Å². The van der Waals surface area contributed by atoms with Crippen LogP contribution in [-0.2, 0) is 10.3 Å². The van der Waals surface area contributed by atoms with Gasteiger partial charge in [-0.25, -0.2) is 0 Å². The molecule has 0 saturated heterocycles. The zero-order valence-corrected chi connectivity index (χ0v) is 21.2. The van der Waals surface area contributed by atoms with E-state index < -0.39 is 5.60 Å². The number of hydrogen-bond donors (Lipinski definition) is 1. The molecule has 0 unspecified atom stereocenters. The van der Waals surface area contributed by atoms with Gasteiger partial charge in [0.15, 0.2) is 0 Å². The van der Waals surface area contributed by atoms with Crippen LogP contribution in [0, 0.1) is 0 Å². The molecule has 0 amide bonds. The third-order valence-corrected chi connectivity index (χ3v) is 6.54. The normalized spacial score (nSPS) is 11.4. The quantitative estimate of drug-likeness (QED) is 0.177. The Morgan fingerprint density at radius 3 is 1.43 bits per heavy atom. The lowest BCUT2D eigenvalue weighted by atomic mass is 9.80. The Labute approximate surface area is 210 Å². The first-order chi connectivity index (χ1) is 17.2. The van der Waals surface area contributed by atoms with Crippen LogP contribution in [0.1, 0.15) is 68.1 Å². The van der Waals surface area contributed by atoms with E-state index in [2.05, 4.69) is 48.5 Å². The molecule has 4 nitrogen and oxygen atoms in total. The summed E-state index contributed by atoms with van der Waals surface area (Å²) in [5.74, 6) is 1.65. The van der Waals surface area contributed by atoms with Crippen molar-refractivity contribution >= 4 is 0 Å². The van der Waals surface area contributed by atoms with E-state index in [4.69, 9.17) is 19.3 Å². The van der Waals surface area contributed by atoms with Crippen molar-refractivity contribution in [3.05, 3.63) is 95.6 Å². The van der Waals surface area contributed by atoms with E-state index in [-0.39, 0.29) is 0 Å². The number of rotatable bonds is 16. The molecule has 0 fully saturated rings. The number of aliphatic hydroxyl groups excluding tert-OH is 1. The lowest BCUT2D eigenvalue weighted by Crippen LogP contribution is -2.33. The number of benzene rings is 3. The van der Waals surface area contributed by atoms with Gasteiger partial charge in [-0.1, -0.05) is 93.1 Å². The molecule has 3 rings (SSSR count). The van der Waals surface area contributed by atoms with Crippen LogP contribution in [0.25, 0.3) is 0 Å². The highest BCUT2D eigenvalue weighted by atomic mass is 16.5. The van der Waals surface area contributed by atoms with Gasteiger partial charge >= 0.3 is 0 Å². The van der Waals surface area contributed by atoms with Gasteiger partial charge in [-0.05, 0) is 53.8 Å². The molecule has 0 saturated carbocycles. The SMILES string of the molecule is COc1ccc(C(OCCCCCCCCCCO)(c2ccccc2)c2ccc(OC)cc2)cc1. The Bertz CT molecular complexity index is 904. The van der Waals surface area contributed by atoms with Gasteiger partial charge in [0.25, 0.3) is 0 Å². The van der Waals surface area contributed by atoms with E-state index in [1.807, 2.05) is 30.3 Å². The molecule has 0 aromatic heterocycles. The molecule has 3 aromatic carbocycles. The van der Waals surface area contributed by atoms with Crippen molar-refractivity contribution in [3.63, 3.8) is 0 Å². The van der Waals surface area contributed by atoms with Gasteiger partial charge in [0.2, 0.25) is 0 Å². The second-order valence-electron chi connectivity index (χ2n) is 8.90. The molecule has 35 heavy (non-hydrogen) atoms. The molecule has 0 aliphatic heterocycles. The first-order valence-electron chi connectivity index (χ1n) is 12.8. The molecule has 0 aliphatic carbocycles. The third-order valence-electron chi connectivity index (χ3n) is 6.54. The standard InChI is InChI=1S/C31H40O4/c1-33-29-20-16-27(17-21-29)31(26-14-10-9-11-15-26,28-18-22-30(34-2)23-19-28)35-25-13-8-6-4-3-5-7-12-24-32/h9-11,14-23,32H,3-8,12-13,24-25H2,1-2H3. The lowest BCUT2D eigenvalue weighted by molar-refractivity contribution is 0.0106. The van der Waals surface area contributed by atoms with Gasteiger partial charge in [0.1, 0.15) is 17.1 Å². The maximum Gasteiger partial charge on any atom is 0.143 e. The highest BCUT2D eigenvalue weighted by Crippen LogP contribution is 2.41. The van der Waals surface area contributed by atoms with Gasteiger partial charge in [-0.15, -0.1) is 0 Å². The fourth-order valence-electron chi connectivity index (χ4n) is 4.57. The first-order valence-corrected chi connectivity index (χ1v) is 12.8.